The molecule has 0 unspecified atom stereocenters. The molecule has 1 aliphatic heterocycles. The second-order valence-electron chi connectivity index (χ2n) is 12.6. The molecule has 0 amide bonds. The molecule has 0 bridgehead atoms. The highest BCUT2D eigenvalue weighted by Crippen LogP contribution is 2.43. The monoisotopic (exact) mass is 574 g/mol. The van der Waals surface area contributed by atoms with Gasteiger partial charge in [0.15, 0.2) is 0 Å². The SMILES string of the molecule is CN1CCN(c2ccc(-c3nn(COCC[Si](C)(C)C)c4cc(=O)n(-c5c(F)cccc5C5CC5)nc34)cc2)CC1. The molecule has 8 nitrogen and oxygen atoms in total. The Kier molecular flexibility index (Phi) is 7.56. The Morgan fingerprint density at radius 1 is 1.00 bits per heavy atom. The average molecular weight is 575 g/mol. The van der Waals surface area contributed by atoms with E-state index in [1.54, 1.807) is 10.7 Å². The molecule has 2 aromatic heterocycles. The Morgan fingerprint density at radius 2 is 1.73 bits per heavy atom. The van der Waals surface area contributed by atoms with Crippen LogP contribution in [0, 0.1) is 5.82 Å². The Bertz CT molecular complexity index is 1600. The lowest BCUT2D eigenvalue weighted by atomic mass is 10.1. The van der Waals surface area contributed by atoms with Crippen molar-refractivity contribution in [2.45, 2.75) is 51.2 Å². The number of halogens is 1. The quantitative estimate of drug-likeness (QED) is 0.199. The Morgan fingerprint density at radius 3 is 2.41 bits per heavy atom. The van der Waals surface area contributed by atoms with Gasteiger partial charge in [0, 0.05) is 58.2 Å². The largest absolute Gasteiger partial charge is 0.369 e. The molecule has 41 heavy (non-hydrogen) atoms. The normalized spacial score (nSPS) is 16.6. The summed E-state index contributed by atoms with van der Waals surface area (Å²) in [5.74, 6) is -0.183. The summed E-state index contributed by atoms with van der Waals surface area (Å²) < 4.78 is 24.2. The summed E-state index contributed by atoms with van der Waals surface area (Å²) >= 11 is 0. The summed E-state index contributed by atoms with van der Waals surface area (Å²) in [6.45, 7) is 11.8. The van der Waals surface area contributed by atoms with Gasteiger partial charge in [0.1, 0.15) is 29.4 Å². The van der Waals surface area contributed by atoms with Crippen LogP contribution in [0.1, 0.15) is 24.3 Å². The third kappa shape index (κ3) is 6.00. The molecule has 3 heterocycles. The summed E-state index contributed by atoms with van der Waals surface area (Å²) in [6, 6.07) is 15.9. The van der Waals surface area contributed by atoms with Crippen molar-refractivity contribution in [1.82, 2.24) is 24.5 Å². The first-order valence-corrected chi connectivity index (χ1v) is 18.3. The van der Waals surface area contributed by atoms with E-state index in [0.717, 1.165) is 56.2 Å². The van der Waals surface area contributed by atoms with Gasteiger partial charge in [-0.15, -0.1) is 0 Å². The third-order valence-corrected chi connectivity index (χ3v) is 9.80. The molecule has 1 aliphatic carbocycles. The number of piperazine rings is 1. The molecule has 0 spiro atoms. The molecule has 2 fully saturated rings. The maximum Gasteiger partial charge on any atom is 0.273 e. The number of rotatable bonds is 9. The second kappa shape index (κ2) is 11.1. The van der Waals surface area contributed by atoms with E-state index >= 15 is 4.39 Å². The van der Waals surface area contributed by atoms with E-state index in [-0.39, 0.29) is 23.9 Å². The number of anilines is 1. The number of aromatic nitrogens is 4. The predicted octanol–water partition coefficient (Wildman–Crippen LogP) is 5.33. The number of likely N-dealkylation sites (N-methyl/N-ethyl adjacent to an activating group) is 1. The summed E-state index contributed by atoms with van der Waals surface area (Å²) in [5, 5.41) is 9.67. The maximum atomic E-state index is 15.2. The molecule has 0 atom stereocenters. The molecule has 1 saturated carbocycles. The van der Waals surface area contributed by atoms with E-state index in [1.807, 2.05) is 6.07 Å². The number of para-hydroxylation sites is 1. The fourth-order valence-electron chi connectivity index (χ4n) is 5.39. The van der Waals surface area contributed by atoms with Crippen molar-refractivity contribution >= 4 is 24.8 Å². The minimum atomic E-state index is -1.25. The van der Waals surface area contributed by atoms with Crippen LogP contribution in [0.2, 0.25) is 25.7 Å². The van der Waals surface area contributed by atoms with Gasteiger partial charge in [0.2, 0.25) is 0 Å². The average Bonchev–Trinajstić information content (AvgIpc) is 3.73. The van der Waals surface area contributed by atoms with Crippen LogP contribution in [0.4, 0.5) is 10.1 Å². The Labute approximate surface area is 241 Å². The van der Waals surface area contributed by atoms with Crippen LogP contribution in [0.3, 0.4) is 0 Å². The predicted molar refractivity (Wildman–Crippen MR) is 164 cm³/mol. The molecule has 0 N–H and O–H groups in total. The van der Waals surface area contributed by atoms with Crippen molar-refractivity contribution < 1.29 is 9.13 Å². The van der Waals surface area contributed by atoms with Crippen LogP contribution >= 0.6 is 0 Å². The van der Waals surface area contributed by atoms with Crippen molar-refractivity contribution in [1.29, 1.82) is 0 Å². The summed E-state index contributed by atoms with van der Waals surface area (Å²) in [6.07, 6.45) is 1.98. The molecular weight excluding hydrogens is 535 g/mol. The van der Waals surface area contributed by atoms with E-state index in [1.165, 1.54) is 22.5 Å². The summed E-state index contributed by atoms with van der Waals surface area (Å²) in [5.41, 5.74) is 4.54. The first-order chi connectivity index (χ1) is 19.7. The van der Waals surface area contributed by atoms with Crippen LogP contribution in [0.5, 0.6) is 0 Å². The number of fused-ring (bicyclic) bond motifs is 1. The standard InChI is InChI=1S/C31H39FN6O2Si/c1-35-14-16-36(17-15-35)24-12-10-23(11-13-24)29-30-27(37(33-29)21-40-18-19-41(2,3)4)20-28(39)38(34-30)31-25(22-8-9-22)6-5-7-26(31)32/h5-7,10-13,20,22H,8-9,14-19,21H2,1-4H3. The summed E-state index contributed by atoms with van der Waals surface area (Å²) in [4.78, 5) is 18.2. The van der Waals surface area contributed by atoms with Gasteiger partial charge >= 0.3 is 0 Å². The van der Waals surface area contributed by atoms with Gasteiger partial charge in [-0.2, -0.15) is 14.9 Å². The fourth-order valence-corrected chi connectivity index (χ4v) is 6.15. The lowest BCUT2D eigenvalue weighted by Gasteiger charge is -2.34. The smallest absolute Gasteiger partial charge is 0.273 e. The first-order valence-electron chi connectivity index (χ1n) is 14.6. The lowest BCUT2D eigenvalue weighted by Crippen LogP contribution is -2.44. The number of hydrogen-bond acceptors (Lipinski definition) is 6. The van der Waals surface area contributed by atoms with Crippen molar-refractivity contribution in [3.05, 3.63) is 70.3 Å². The van der Waals surface area contributed by atoms with Crippen LogP contribution in [-0.2, 0) is 11.5 Å². The molecule has 4 aromatic rings. The highest BCUT2D eigenvalue weighted by Gasteiger charge is 2.29. The fraction of sp³-hybridized carbons (Fsp3) is 0.452. The first kappa shape index (κ1) is 27.8. The van der Waals surface area contributed by atoms with Crippen molar-refractivity contribution in [3.8, 4) is 16.9 Å². The molecule has 0 radical (unpaired) electrons. The number of hydrogen-bond donors (Lipinski definition) is 0. The van der Waals surface area contributed by atoms with Gasteiger partial charge in [-0.3, -0.25) is 4.79 Å². The molecule has 10 heteroatoms. The molecule has 216 valence electrons. The van der Waals surface area contributed by atoms with Crippen LogP contribution < -0.4 is 10.5 Å². The Hall–Kier alpha value is -3.34. The number of nitrogens with zero attached hydrogens (tertiary/aromatic N) is 6. The van der Waals surface area contributed by atoms with Crippen molar-refractivity contribution in [2.24, 2.45) is 0 Å². The second-order valence-corrected chi connectivity index (χ2v) is 18.2. The highest BCUT2D eigenvalue weighted by atomic mass is 28.3. The van der Waals surface area contributed by atoms with Crippen molar-refractivity contribution in [2.75, 3.05) is 44.7 Å². The van der Waals surface area contributed by atoms with Crippen molar-refractivity contribution in [3.63, 3.8) is 0 Å². The van der Waals surface area contributed by atoms with Gasteiger partial charge in [-0.05, 0) is 55.6 Å². The van der Waals surface area contributed by atoms with E-state index in [0.29, 0.717) is 23.3 Å². The van der Waals surface area contributed by atoms with E-state index < -0.39 is 13.9 Å². The summed E-state index contributed by atoms with van der Waals surface area (Å²) in [7, 11) is 0.899. The minimum absolute atomic E-state index is 0.221. The number of ether oxygens (including phenoxy) is 1. The molecule has 2 aromatic carbocycles. The van der Waals surface area contributed by atoms with Gasteiger partial charge in [0.25, 0.3) is 5.56 Å². The zero-order valence-electron chi connectivity index (χ0n) is 24.4. The zero-order chi connectivity index (χ0) is 28.7. The Balaban J connectivity index is 1.40. The van der Waals surface area contributed by atoms with Gasteiger partial charge in [-0.25, -0.2) is 9.07 Å². The third-order valence-electron chi connectivity index (χ3n) is 8.10. The molecule has 6 rings (SSSR count). The topological polar surface area (TPSA) is 68.4 Å². The van der Waals surface area contributed by atoms with Gasteiger partial charge < -0.3 is 14.5 Å². The van der Waals surface area contributed by atoms with Gasteiger partial charge in [-0.1, -0.05) is 43.9 Å². The van der Waals surface area contributed by atoms with Crippen LogP contribution in [0.25, 0.3) is 28.0 Å². The highest BCUT2D eigenvalue weighted by molar-refractivity contribution is 6.76. The zero-order valence-corrected chi connectivity index (χ0v) is 25.4. The van der Waals surface area contributed by atoms with Crippen LogP contribution in [0.15, 0.2) is 53.3 Å². The minimum Gasteiger partial charge on any atom is -0.369 e. The van der Waals surface area contributed by atoms with Gasteiger partial charge in [0.05, 0.1) is 5.52 Å². The molecule has 2 aliphatic rings. The van der Waals surface area contributed by atoms with E-state index in [9.17, 15) is 4.79 Å². The van der Waals surface area contributed by atoms with E-state index in [4.69, 9.17) is 14.9 Å². The lowest BCUT2D eigenvalue weighted by molar-refractivity contribution is 0.0818. The molecular formula is C31H39FN6O2Si. The maximum absolute atomic E-state index is 15.2. The number of benzene rings is 2. The van der Waals surface area contributed by atoms with E-state index in [2.05, 4.69) is 60.8 Å². The van der Waals surface area contributed by atoms with Crippen LogP contribution in [-0.4, -0.2) is 72.4 Å². The molecule has 1 saturated heterocycles.